The Kier molecular flexibility index (Phi) is 6.16. The number of anilines is 3. The number of hydrogen-bond acceptors (Lipinski definition) is 7. The normalized spacial score (nSPS) is 12.6. The van der Waals surface area contributed by atoms with E-state index in [1.807, 2.05) is 50.3 Å². The van der Waals surface area contributed by atoms with Crippen molar-refractivity contribution in [2.45, 2.75) is 20.3 Å². The number of fused-ring (bicyclic) bond motifs is 1. The van der Waals surface area contributed by atoms with Crippen molar-refractivity contribution in [1.29, 1.82) is 0 Å². The number of carboxylic acid groups (broad SMARTS) is 1. The molecule has 1 amide bonds. The van der Waals surface area contributed by atoms with Crippen LogP contribution in [0.4, 0.5) is 22.1 Å². The Bertz CT molecular complexity index is 1160. The smallest absolute Gasteiger partial charge is 0.404 e. The molecule has 4 N–H and O–H groups in total. The molecule has 1 aliphatic heterocycles. The van der Waals surface area contributed by atoms with Crippen molar-refractivity contribution in [1.82, 2.24) is 20.3 Å². The number of pyridine rings is 1. The molecular formula is C23H24N6O3. The predicted octanol–water partition coefficient (Wildman–Crippen LogP) is 4.49. The van der Waals surface area contributed by atoms with Crippen molar-refractivity contribution < 1.29 is 14.6 Å². The number of amides is 1. The summed E-state index contributed by atoms with van der Waals surface area (Å²) in [4.78, 5) is 23.9. The maximum absolute atomic E-state index is 10.9. The monoisotopic (exact) mass is 432 g/mol. The Morgan fingerprint density at radius 1 is 1.19 bits per heavy atom. The molecule has 1 aromatic carbocycles. The minimum absolute atomic E-state index is 0.254. The number of hydrogen-bond donors (Lipinski definition) is 4. The van der Waals surface area contributed by atoms with E-state index < -0.39 is 6.09 Å². The molecule has 0 atom stereocenters. The van der Waals surface area contributed by atoms with Gasteiger partial charge in [-0.05, 0) is 67.8 Å². The number of aromatic nitrogens is 3. The van der Waals surface area contributed by atoms with Gasteiger partial charge in [-0.25, -0.2) is 14.8 Å². The Morgan fingerprint density at radius 3 is 2.81 bits per heavy atom. The van der Waals surface area contributed by atoms with E-state index in [1.54, 1.807) is 6.20 Å². The zero-order valence-electron chi connectivity index (χ0n) is 17.8. The fraction of sp³-hybridized carbons (Fsp3) is 0.217. The first-order valence-corrected chi connectivity index (χ1v) is 10.2. The second kappa shape index (κ2) is 9.34. The standard InChI is InChI=1S/C23H24N6O3/c1-14-9-17(4-6-20(14)32-18-5-3-15(2)25-12-18)29-22-19-10-16(11-26-23(30)31)7-8-24-21(19)27-13-28-22/h3-6,9-10,12-13,26H,7-8,11H2,1-2H3,(H,30,31)(H2,24,27,28,29). The molecule has 3 aromatic rings. The van der Waals surface area contributed by atoms with Crippen LogP contribution in [0.2, 0.25) is 0 Å². The van der Waals surface area contributed by atoms with Gasteiger partial charge in [-0.15, -0.1) is 0 Å². The maximum Gasteiger partial charge on any atom is 0.404 e. The number of nitrogens with zero attached hydrogens (tertiary/aromatic N) is 3. The fourth-order valence-corrected chi connectivity index (χ4v) is 3.34. The van der Waals surface area contributed by atoms with E-state index in [1.165, 1.54) is 6.33 Å². The molecule has 0 saturated heterocycles. The van der Waals surface area contributed by atoms with Crippen LogP contribution in [0.5, 0.6) is 11.5 Å². The molecule has 1 aliphatic rings. The second-order valence-corrected chi connectivity index (χ2v) is 7.47. The quantitative estimate of drug-likeness (QED) is 0.449. The van der Waals surface area contributed by atoms with E-state index in [0.717, 1.165) is 33.8 Å². The largest absolute Gasteiger partial charge is 0.465 e. The highest BCUT2D eigenvalue weighted by Crippen LogP contribution is 2.31. The van der Waals surface area contributed by atoms with Gasteiger partial charge in [-0.3, -0.25) is 4.98 Å². The van der Waals surface area contributed by atoms with Gasteiger partial charge < -0.3 is 25.8 Å². The Morgan fingerprint density at radius 2 is 2.06 bits per heavy atom. The first kappa shape index (κ1) is 21.1. The highest BCUT2D eigenvalue weighted by molar-refractivity contribution is 5.78. The van der Waals surface area contributed by atoms with Crippen molar-refractivity contribution in [2.24, 2.45) is 0 Å². The molecular weight excluding hydrogens is 408 g/mol. The Labute approximate surface area is 185 Å². The van der Waals surface area contributed by atoms with Gasteiger partial charge in [0.05, 0.1) is 11.8 Å². The average molecular weight is 432 g/mol. The van der Waals surface area contributed by atoms with Crippen molar-refractivity contribution in [2.75, 3.05) is 23.7 Å². The van der Waals surface area contributed by atoms with Crippen molar-refractivity contribution in [3.8, 4) is 11.5 Å². The van der Waals surface area contributed by atoms with Crippen molar-refractivity contribution in [3.05, 3.63) is 65.2 Å². The van der Waals surface area contributed by atoms with E-state index in [4.69, 9.17) is 9.84 Å². The maximum atomic E-state index is 10.9. The summed E-state index contributed by atoms with van der Waals surface area (Å²) in [6, 6.07) is 9.59. The highest BCUT2D eigenvalue weighted by Gasteiger charge is 2.15. The van der Waals surface area contributed by atoms with Gasteiger partial charge in [-0.2, -0.15) is 0 Å². The molecule has 0 aliphatic carbocycles. The van der Waals surface area contributed by atoms with Crippen LogP contribution in [0.25, 0.3) is 6.08 Å². The SMILES string of the molecule is Cc1ccc(Oc2ccc(Nc3ncnc4c3C=C(CNC(=O)O)CCN4)cc2C)cn1. The number of ether oxygens (including phenoxy) is 1. The first-order valence-electron chi connectivity index (χ1n) is 10.2. The molecule has 0 fully saturated rings. The molecule has 32 heavy (non-hydrogen) atoms. The zero-order valence-corrected chi connectivity index (χ0v) is 17.8. The summed E-state index contributed by atoms with van der Waals surface area (Å²) in [5, 5.41) is 17.9. The Balaban J connectivity index is 1.55. The summed E-state index contributed by atoms with van der Waals surface area (Å²) in [7, 11) is 0. The summed E-state index contributed by atoms with van der Waals surface area (Å²) in [5.41, 5.74) is 4.47. The molecule has 9 nitrogen and oxygen atoms in total. The van der Waals surface area contributed by atoms with Gasteiger partial charge in [0.2, 0.25) is 0 Å². The van der Waals surface area contributed by atoms with Gasteiger partial charge in [0.1, 0.15) is 29.5 Å². The summed E-state index contributed by atoms with van der Waals surface area (Å²) in [6.45, 7) is 4.82. The lowest BCUT2D eigenvalue weighted by Gasteiger charge is -2.14. The molecule has 0 saturated carbocycles. The van der Waals surface area contributed by atoms with Crippen molar-refractivity contribution in [3.63, 3.8) is 0 Å². The van der Waals surface area contributed by atoms with Gasteiger partial charge in [0.15, 0.2) is 0 Å². The summed E-state index contributed by atoms with van der Waals surface area (Å²) in [6.07, 6.45) is 4.78. The summed E-state index contributed by atoms with van der Waals surface area (Å²) in [5.74, 6) is 2.76. The number of carbonyl (C=O) groups is 1. The number of aryl methyl sites for hydroxylation is 2. The van der Waals surface area contributed by atoms with Gasteiger partial charge in [-0.1, -0.05) is 0 Å². The highest BCUT2D eigenvalue weighted by atomic mass is 16.5. The van der Waals surface area contributed by atoms with Gasteiger partial charge in [0.25, 0.3) is 0 Å². The summed E-state index contributed by atoms with van der Waals surface area (Å²) >= 11 is 0. The average Bonchev–Trinajstić information content (AvgIpc) is 2.98. The van der Waals surface area contributed by atoms with E-state index in [2.05, 4.69) is 30.9 Å². The molecule has 164 valence electrons. The number of benzene rings is 1. The van der Waals surface area contributed by atoms with Crippen LogP contribution in [0.3, 0.4) is 0 Å². The lowest BCUT2D eigenvalue weighted by molar-refractivity contribution is 0.195. The van der Waals surface area contributed by atoms with Gasteiger partial charge in [0, 0.05) is 24.5 Å². The lowest BCUT2D eigenvalue weighted by Crippen LogP contribution is -2.23. The van der Waals surface area contributed by atoms with E-state index in [0.29, 0.717) is 30.4 Å². The fourth-order valence-electron chi connectivity index (χ4n) is 3.34. The molecule has 0 unspecified atom stereocenters. The van der Waals surface area contributed by atoms with Crippen LogP contribution in [-0.4, -0.2) is 39.2 Å². The summed E-state index contributed by atoms with van der Waals surface area (Å²) < 4.78 is 5.95. The predicted molar refractivity (Wildman–Crippen MR) is 123 cm³/mol. The first-order chi connectivity index (χ1) is 15.5. The number of rotatable bonds is 6. The minimum atomic E-state index is -1.05. The third kappa shape index (κ3) is 5.12. The number of nitrogens with one attached hydrogen (secondary N) is 3. The topological polar surface area (TPSA) is 121 Å². The van der Waals surface area contributed by atoms with E-state index in [9.17, 15) is 4.79 Å². The third-order valence-electron chi connectivity index (χ3n) is 4.99. The molecule has 2 aromatic heterocycles. The van der Waals surface area contributed by atoms with Gasteiger partial charge >= 0.3 is 6.09 Å². The van der Waals surface area contributed by atoms with Crippen molar-refractivity contribution >= 4 is 29.5 Å². The van der Waals surface area contributed by atoms with Crippen LogP contribution >= 0.6 is 0 Å². The third-order valence-corrected chi connectivity index (χ3v) is 4.99. The molecule has 4 rings (SSSR count). The molecule has 0 radical (unpaired) electrons. The molecule has 3 heterocycles. The molecule has 9 heteroatoms. The lowest BCUT2D eigenvalue weighted by atomic mass is 10.1. The van der Waals surface area contributed by atoms with Crippen LogP contribution in [0.1, 0.15) is 23.2 Å². The molecule has 0 spiro atoms. The van der Waals surface area contributed by atoms with Crippen LogP contribution in [0.15, 0.2) is 48.4 Å². The van der Waals surface area contributed by atoms with E-state index >= 15 is 0 Å². The van der Waals surface area contributed by atoms with Crippen LogP contribution < -0.4 is 20.7 Å². The van der Waals surface area contributed by atoms with Crippen LogP contribution in [0, 0.1) is 13.8 Å². The second-order valence-electron chi connectivity index (χ2n) is 7.47. The zero-order chi connectivity index (χ0) is 22.5. The minimum Gasteiger partial charge on any atom is -0.465 e. The molecule has 0 bridgehead atoms. The van der Waals surface area contributed by atoms with E-state index in [-0.39, 0.29) is 6.54 Å². The van der Waals surface area contributed by atoms with Crippen LogP contribution in [-0.2, 0) is 0 Å². The Hall–Kier alpha value is -4.14.